The zero-order valence-corrected chi connectivity index (χ0v) is 14.1. The van der Waals surface area contributed by atoms with Crippen LogP contribution in [0.15, 0.2) is 40.2 Å². The number of nitrogens with zero attached hydrogens (tertiary/aromatic N) is 3. The van der Waals surface area contributed by atoms with Gasteiger partial charge in [-0.2, -0.15) is 9.40 Å². The van der Waals surface area contributed by atoms with E-state index in [0.717, 1.165) is 0 Å². The fraction of sp³-hybridized carbons (Fsp3) is 0.267. The molecule has 0 radical (unpaired) electrons. The molecule has 3 aromatic rings. The summed E-state index contributed by atoms with van der Waals surface area (Å²) in [5.74, 6) is 0.362. The lowest BCUT2D eigenvalue weighted by atomic mass is 10.2. The van der Waals surface area contributed by atoms with Gasteiger partial charge in [0.2, 0.25) is 10.0 Å². The Hall–Kier alpha value is -2.52. The molecule has 0 bridgehead atoms. The summed E-state index contributed by atoms with van der Waals surface area (Å²) in [7, 11) is -3.51. The summed E-state index contributed by atoms with van der Waals surface area (Å²) in [5, 5.41) is 6.37. The first kappa shape index (κ1) is 16.3. The molecule has 0 amide bonds. The van der Waals surface area contributed by atoms with Gasteiger partial charge >= 0.3 is 0 Å². The normalized spacial score (nSPS) is 12.1. The zero-order valence-electron chi connectivity index (χ0n) is 13.3. The van der Waals surface area contributed by atoms with Crippen LogP contribution in [0.2, 0.25) is 0 Å². The summed E-state index contributed by atoms with van der Waals surface area (Å²) in [6.07, 6.45) is 1.47. The Labute approximate surface area is 138 Å². The van der Waals surface area contributed by atoms with E-state index in [-0.39, 0.29) is 10.5 Å². The van der Waals surface area contributed by atoms with Crippen molar-refractivity contribution in [1.29, 1.82) is 0 Å². The molecule has 0 saturated heterocycles. The molecule has 3 rings (SSSR count). The molecule has 0 saturated carbocycles. The second-order valence-corrected chi connectivity index (χ2v) is 7.10. The summed E-state index contributed by atoms with van der Waals surface area (Å²) in [6, 6.07) is 6.28. The van der Waals surface area contributed by atoms with Gasteiger partial charge in [0, 0.05) is 18.7 Å². The molecular formula is C15H17N5O3S. The number of hydrogen-bond donors (Lipinski definition) is 2. The molecule has 0 unspecified atom stereocenters. The van der Waals surface area contributed by atoms with E-state index >= 15 is 0 Å². The van der Waals surface area contributed by atoms with Gasteiger partial charge in [-0.25, -0.2) is 13.4 Å². The number of fused-ring (bicyclic) bond motifs is 1. The molecule has 126 valence electrons. The molecular weight excluding hydrogens is 330 g/mol. The van der Waals surface area contributed by atoms with Gasteiger partial charge in [-0.05, 0) is 24.3 Å². The number of sulfonamides is 1. The van der Waals surface area contributed by atoms with Crippen LogP contribution < -0.4 is 5.56 Å². The first-order valence-corrected chi connectivity index (χ1v) is 8.95. The van der Waals surface area contributed by atoms with Crippen molar-refractivity contribution in [3.05, 3.63) is 40.8 Å². The first-order valence-electron chi connectivity index (χ1n) is 7.51. The Kier molecular flexibility index (Phi) is 4.20. The number of H-pyrrole nitrogens is 2. The zero-order chi connectivity index (χ0) is 17.3. The quantitative estimate of drug-likeness (QED) is 0.723. The molecule has 0 aliphatic carbocycles. The molecule has 0 aliphatic rings. The maximum atomic E-state index is 12.5. The Morgan fingerprint density at radius 1 is 1.12 bits per heavy atom. The van der Waals surface area contributed by atoms with Crippen molar-refractivity contribution in [2.75, 3.05) is 13.1 Å². The van der Waals surface area contributed by atoms with Crippen LogP contribution in [0.4, 0.5) is 0 Å². The van der Waals surface area contributed by atoms with E-state index in [1.54, 1.807) is 26.0 Å². The number of benzene rings is 1. The highest BCUT2D eigenvalue weighted by molar-refractivity contribution is 7.89. The first-order chi connectivity index (χ1) is 11.5. The predicted molar refractivity (Wildman–Crippen MR) is 90.1 cm³/mol. The topological polar surface area (TPSA) is 112 Å². The molecule has 2 heterocycles. The van der Waals surface area contributed by atoms with E-state index in [2.05, 4.69) is 20.2 Å². The van der Waals surface area contributed by atoms with Crippen LogP contribution >= 0.6 is 0 Å². The molecule has 0 fully saturated rings. The molecule has 24 heavy (non-hydrogen) atoms. The minimum atomic E-state index is -3.51. The summed E-state index contributed by atoms with van der Waals surface area (Å²) >= 11 is 0. The smallest absolute Gasteiger partial charge is 0.277 e. The second-order valence-electron chi connectivity index (χ2n) is 5.16. The summed E-state index contributed by atoms with van der Waals surface area (Å²) in [6.45, 7) is 4.41. The highest BCUT2D eigenvalue weighted by atomic mass is 32.2. The third kappa shape index (κ3) is 2.72. The molecule has 8 nitrogen and oxygen atoms in total. The Bertz CT molecular complexity index is 1020. The van der Waals surface area contributed by atoms with Crippen molar-refractivity contribution in [2.45, 2.75) is 18.7 Å². The fourth-order valence-corrected chi connectivity index (χ4v) is 3.94. The summed E-state index contributed by atoms with van der Waals surface area (Å²) < 4.78 is 26.3. The minimum Gasteiger partial charge on any atom is -0.305 e. The second kappa shape index (κ2) is 6.17. The van der Waals surface area contributed by atoms with Gasteiger partial charge in [-0.15, -0.1) is 0 Å². The number of hydrogen-bond acceptors (Lipinski definition) is 5. The van der Waals surface area contributed by atoms with Crippen molar-refractivity contribution in [3.63, 3.8) is 0 Å². The number of aromatic nitrogens is 4. The molecule has 2 aromatic heterocycles. The SMILES string of the molecule is CCN(CC)S(=O)(=O)c1ccc(-c2nc3cn[nH]c3c(=O)[nH]2)cc1. The maximum Gasteiger partial charge on any atom is 0.277 e. The Balaban J connectivity index is 2.01. The van der Waals surface area contributed by atoms with Gasteiger partial charge in [0.25, 0.3) is 5.56 Å². The maximum absolute atomic E-state index is 12.5. The lowest BCUT2D eigenvalue weighted by Gasteiger charge is -2.18. The van der Waals surface area contributed by atoms with E-state index in [9.17, 15) is 13.2 Å². The van der Waals surface area contributed by atoms with Crippen LogP contribution in [-0.4, -0.2) is 46.0 Å². The van der Waals surface area contributed by atoms with E-state index in [4.69, 9.17) is 0 Å². The summed E-state index contributed by atoms with van der Waals surface area (Å²) in [5.41, 5.74) is 1.05. The highest BCUT2D eigenvalue weighted by Gasteiger charge is 2.21. The Morgan fingerprint density at radius 2 is 1.79 bits per heavy atom. The molecule has 9 heteroatoms. The van der Waals surface area contributed by atoms with Crippen LogP contribution in [0.25, 0.3) is 22.4 Å². The van der Waals surface area contributed by atoms with Crippen molar-refractivity contribution in [3.8, 4) is 11.4 Å². The Morgan fingerprint density at radius 3 is 2.42 bits per heavy atom. The van der Waals surface area contributed by atoms with Crippen LogP contribution in [0.3, 0.4) is 0 Å². The van der Waals surface area contributed by atoms with E-state index in [0.29, 0.717) is 35.5 Å². The lowest BCUT2D eigenvalue weighted by molar-refractivity contribution is 0.445. The average molecular weight is 347 g/mol. The fourth-order valence-electron chi connectivity index (χ4n) is 2.48. The number of aromatic amines is 2. The van der Waals surface area contributed by atoms with Crippen LogP contribution in [0.5, 0.6) is 0 Å². The van der Waals surface area contributed by atoms with Gasteiger partial charge in [0.15, 0.2) is 0 Å². The van der Waals surface area contributed by atoms with Crippen LogP contribution in [0, 0.1) is 0 Å². The predicted octanol–water partition coefficient (Wildman–Crippen LogP) is 1.34. The van der Waals surface area contributed by atoms with Crippen LogP contribution in [0.1, 0.15) is 13.8 Å². The van der Waals surface area contributed by atoms with Gasteiger partial charge in [-0.1, -0.05) is 13.8 Å². The van der Waals surface area contributed by atoms with Crippen LogP contribution in [-0.2, 0) is 10.0 Å². The standard InChI is InChI=1S/C15H17N5O3S/c1-3-20(4-2)24(22,23)11-7-5-10(6-8-11)14-17-12-9-16-19-13(12)15(21)18-14/h5-9H,3-4H2,1-2H3,(H,16,19)(H,17,18,21). The third-order valence-corrected chi connectivity index (χ3v) is 5.85. The van der Waals surface area contributed by atoms with E-state index in [1.807, 2.05) is 0 Å². The van der Waals surface area contributed by atoms with E-state index < -0.39 is 10.0 Å². The molecule has 0 aliphatic heterocycles. The minimum absolute atomic E-state index is 0.210. The van der Waals surface area contributed by atoms with Crippen molar-refractivity contribution < 1.29 is 8.42 Å². The lowest BCUT2D eigenvalue weighted by Crippen LogP contribution is -2.30. The third-order valence-electron chi connectivity index (χ3n) is 3.78. The summed E-state index contributed by atoms with van der Waals surface area (Å²) in [4.78, 5) is 19.1. The molecule has 1 aromatic carbocycles. The monoisotopic (exact) mass is 347 g/mol. The van der Waals surface area contributed by atoms with Gasteiger partial charge in [0.1, 0.15) is 16.9 Å². The molecule has 0 spiro atoms. The molecule has 2 N–H and O–H groups in total. The largest absolute Gasteiger partial charge is 0.305 e. The van der Waals surface area contributed by atoms with Gasteiger partial charge in [0.05, 0.1) is 11.1 Å². The molecule has 0 atom stereocenters. The number of nitrogens with one attached hydrogen (secondary N) is 2. The average Bonchev–Trinajstić information content (AvgIpc) is 3.05. The van der Waals surface area contributed by atoms with E-state index in [1.165, 1.54) is 22.6 Å². The highest BCUT2D eigenvalue weighted by Crippen LogP contribution is 2.20. The van der Waals surface area contributed by atoms with Crippen molar-refractivity contribution in [2.24, 2.45) is 0 Å². The number of rotatable bonds is 5. The van der Waals surface area contributed by atoms with Gasteiger partial charge < -0.3 is 4.98 Å². The van der Waals surface area contributed by atoms with Crippen molar-refractivity contribution >= 4 is 21.1 Å². The van der Waals surface area contributed by atoms with Gasteiger partial charge in [-0.3, -0.25) is 9.89 Å². The van der Waals surface area contributed by atoms with Crippen molar-refractivity contribution in [1.82, 2.24) is 24.5 Å².